The highest BCUT2D eigenvalue weighted by atomic mass is 16.5. The minimum Gasteiger partial charge on any atom is -0.478 e. The molecule has 0 saturated carbocycles. The molecule has 3 heterocycles. The van der Waals surface area contributed by atoms with E-state index in [1.807, 2.05) is 0 Å². The lowest BCUT2D eigenvalue weighted by molar-refractivity contribution is 0.0695. The maximum atomic E-state index is 11.1. The third-order valence-electron chi connectivity index (χ3n) is 3.93. The van der Waals surface area contributed by atoms with Gasteiger partial charge in [0.15, 0.2) is 0 Å². The van der Waals surface area contributed by atoms with Gasteiger partial charge in [-0.05, 0) is 19.3 Å². The Morgan fingerprint density at radius 1 is 1.67 bits per heavy atom. The van der Waals surface area contributed by atoms with E-state index < -0.39 is 5.97 Å². The van der Waals surface area contributed by atoms with Crippen LogP contribution in [0.4, 0.5) is 0 Å². The van der Waals surface area contributed by atoms with Crippen molar-refractivity contribution in [2.45, 2.75) is 44.1 Å². The van der Waals surface area contributed by atoms with Gasteiger partial charge >= 0.3 is 5.97 Å². The Morgan fingerprint density at radius 3 is 3.11 bits per heavy atom. The first-order chi connectivity index (χ1) is 8.65. The molecule has 18 heavy (non-hydrogen) atoms. The number of aromatic nitrogens is 2. The molecule has 98 valence electrons. The molecule has 3 atom stereocenters. The third kappa shape index (κ3) is 1.91. The molecule has 3 unspecified atom stereocenters. The quantitative estimate of drug-likeness (QED) is 0.816. The van der Waals surface area contributed by atoms with Gasteiger partial charge in [0.2, 0.25) is 0 Å². The Bertz CT molecular complexity index is 471. The van der Waals surface area contributed by atoms with Gasteiger partial charge in [0.25, 0.3) is 0 Å². The molecule has 6 heteroatoms. The van der Waals surface area contributed by atoms with Crippen molar-refractivity contribution in [1.29, 1.82) is 0 Å². The number of carboxylic acids is 1. The lowest BCUT2D eigenvalue weighted by Crippen LogP contribution is -2.37. The van der Waals surface area contributed by atoms with E-state index >= 15 is 0 Å². The van der Waals surface area contributed by atoms with Crippen LogP contribution < -0.4 is 5.32 Å². The van der Waals surface area contributed by atoms with Crippen LogP contribution in [0.25, 0.3) is 0 Å². The van der Waals surface area contributed by atoms with Crippen molar-refractivity contribution in [1.82, 2.24) is 15.1 Å². The van der Waals surface area contributed by atoms with Gasteiger partial charge in [0.1, 0.15) is 5.56 Å². The second-order valence-electron chi connectivity index (χ2n) is 5.03. The summed E-state index contributed by atoms with van der Waals surface area (Å²) in [5.74, 6) is -0.927. The van der Waals surface area contributed by atoms with Crippen LogP contribution in [0, 0.1) is 0 Å². The summed E-state index contributed by atoms with van der Waals surface area (Å²) in [6.45, 7) is 0.523. The van der Waals surface area contributed by atoms with Crippen LogP contribution in [0.3, 0.4) is 0 Å². The van der Waals surface area contributed by atoms with Crippen molar-refractivity contribution in [3.63, 3.8) is 0 Å². The van der Waals surface area contributed by atoms with Crippen LogP contribution in [-0.4, -0.2) is 39.1 Å². The molecule has 3 rings (SSSR count). The van der Waals surface area contributed by atoms with Gasteiger partial charge in [-0.25, -0.2) is 4.79 Å². The second kappa shape index (κ2) is 4.37. The number of fused-ring (bicyclic) bond motifs is 2. The van der Waals surface area contributed by atoms with Crippen LogP contribution in [0.2, 0.25) is 0 Å². The number of carbonyl (C=O) groups is 1. The molecule has 0 aliphatic carbocycles. The molecular weight excluding hydrogens is 234 g/mol. The molecule has 2 aliphatic heterocycles. The maximum absolute atomic E-state index is 11.1. The molecule has 2 bridgehead atoms. The Hall–Kier alpha value is -1.40. The van der Waals surface area contributed by atoms with E-state index in [0.717, 1.165) is 19.3 Å². The summed E-state index contributed by atoms with van der Waals surface area (Å²) in [6, 6.07) is 0.347. The minimum atomic E-state index is -0.927. The molecule has 2 N–H and O–H groups in total. The molecule has 0 amide bonds. The van der Waals surface area contributed by atoms with Crippen LogP contribution in [0.15, 0.2) is 6.20 Å². The fourth-order valence-corrected chi connectivity index (χ4v) is 2.93. The number of ether oxygens (including phenoxy) is 1. The summed E-state index contributed by atoms with van der Waals surface area (Å²) in [6.07, 6.45) is 5.41. The summed E-state index contributed by atoms with van der Waals surface area (Å²) in [5.41, 5.74) is 0.986. The summed E-state index contributed by atoms with van der Waals surface area (Å²) in [4.78, 5) is 11.1. The second-order valence-corrected chi connectivity index (χ2v) is 5.03. The summed E-state index contributed by atoms with van der Waals surface area (Å²) < 4.78 is 7.38. The molecule has 2 saturated heterocycles. The molecule has 0 spiro atoms. The van der Waals surface area contributed by atoms with E-state index in [0.29, 0.717) is 30.5 Å². The zero-order valence-electron chi connectivity index (χ0n) is 10.3. The van der Waals surface area contributed by atoms with Crippen molar-refractivity contribution in [2.24, 2.45) is 7.05 Å². The van der Waals surface area contributed by atoms with Crippen molar-refractivity contribution in [3.8, 4) is 0 Å². The van der Waals surface area contributed by atoms with E-state index in [-0.39, 0.29) is 5.56 Å². The molecule has 1 aromatic rings. The standard InChI is InChI=1S/C12H17N3O3/c1-15-10(8(5-14-15)12(16)17)6-13-9-4-7-2-3-11(9)18-7/h5,7,9,11,13H,2-4,6H2,1H3,(H,16,17). The molecule has 1 aromatic heterocycles. The van der Waals surface area contributed by atoms with Crippen molar-refractivity contribution < 1.29 is 14.6 Å². The number of nitrogens with one attached hydrogen (secondary N) is 1. The molecule has 2 aliphatic rings. The average molecular weight is 251 g/mol. The smallest absolute Gasteiger partial charge is 0.339 e. The largest absolute Gasteiger partial charge is 0.478 e. The Balaban J connectivity index is 1.66. The number of rotatable bonds is 4. The summed E-state index contributed by atoms with van der Waals surface area (Å²) in [7, 11) is 1.76. The van der Waals surface area contributed by atoms with E-state index in [9.17, 15) is 4.79 Å². The number of hydrogen-bond donors (Lipinski definition) is 2. The summed E-state index contributed by atoms with van der Waals surface area (Å²) in [5, 5.41) is 16.5. The first-order valence-electron chi connectivity index (χ1n) is 6.28. The van der Waals surface area contributed by atoms with Crippen LogP contribution >= 0.6 is 0 Å². The van der Waals surface area contributed by atoms with Gasteiger partial charge in [0, 0.05) is 19.6 Å². The third-order valence-corrected chi connectivity index (χ3v) is 3.93. The van der Waals surface area contributed by atoms with Gasteiger partial charge in [-0.2, -0.15) is 5.10 Å². The van der Waals surface area contributed by atoms with Gasteiger partial charge in [-0.15, -0.1) is 0 Å². The highest BCUT2D eigenvalue weighted by Crippen LogP contribution is 2.34. The Morgan fingerprint density at radius 2 is 2.50 bits per heavy atom. The van der Waals surface area contributed by atoms with E-state index in [1.54, 1.807) is 11.7 Å². The SMILES string of the molecule is Cn1ncc(C(=O)O)c1CNC1CC2CCC1O2. The normalized spacial score (nSPS) is 29.9. The number of hydrogen-bond acceptors (Lipinski definition) is 4. The number of nitrogens with zero attached hydrogens (tertiary/aromatic N) is 2. The average Bonchev–Trinajstić information content (AvgIpc) is 3.01. The van der Waals surface area contributed by atoms with E-state index in [1.165, 1.54) is 6.20 Å². The van der Waals surface area contributed by atoms with E-state index in [4.69, 9.17) is 9.84 Å². The first-order valence-corrected chi connectivity index (χ1v) is 6.28. The van der Waals surface area contributed by atoms with Gasteiger partial charge in [-0.3, -0.25) is 4.68 Å². The molecule has 2 fully saturated rings. The van der Waals surface area contributed by atoms with E-state index in [2.05, 4.69) is 10.4 Å². The number of aromatic carboxylic acids is 1. The predicted octanol–water partition coefficient (Wildman–Crippen LogP) is 0.528. The zero-order valence-corrected chi connectivity index (χ0v) is 10.3. The van der Waals surface area contributed by atoms with Crippen molar-refractivity contribution in [2.75, 3.05) is 0 Å². The van der Waals surface area contributed by atoms with Crippen LogP contribution in [-0.2, 0) is 18.3 Å². The Labute approximate surface area is 105 Å². The number of carboxylic acid groups (broad SMARTS) is 1. The van der Waals surface area contributed by atoms with Crippen LogP contribution in [0.5, 0.6) is 0 Å². The molecule has 0 radical (unpaired) electrons. The highest BCUT2D eigenvalue weighted by Gasteiger charge is 2.40. The van der Waals surface area contributed by atoms with Gasteiger partial charge in [0.05, 0.1) is 24.1 Å². The van der Waals surface area contributed by atoms with Gasteiger partial charge < -0.3 is 15.2 Å². The predicted molar refractivity (Wildman–Crippen MR) is 63.3 cm³/mol. The Kier molecular flexibility index (Phi) is 2.83. The molecule has 0 aromatic carbocycles. The topological polar surface area (TPSA) is 76.4 Å². The first kappa shape index (κ1) is 11.7. The molecule has 6 nitrogen and oxygen atoms in total. The molecular formula is C12H17N3O3. The van der Waals surface area contributed by atoms with Gasteiger partial charge in [-0.1, -0.05) is 0 Å². The summed E-state index contributed by atoms with van der Waals surface area (Å²) >= 11 is 0. The zero-order chi connectivity index (χ0) is 12.7. The fourth-order valence-electron chi connectivity index (χ4n) is 2.93. The monoisotopic (exact) mass is 251 g/mol. The van der Waals surface area contributed by atoms with Crippen LogP contribution in [0.1, 0.15) is 35.3 Å². The van der Waals surface area contributed by atoms with Crippen molar-refractivity contribution in [3.05, 3.63) is 17.5 Å². The fraction of sp³-hybridized carbons (Fsp3) is 0.667. The lowest BCUT2D eigenvalue weighted by atomic mass is 9.95. The number of aryl methyl sites for hydroxylation is 1. The lowest BCUT2D eigenvalue weighted by Gasteiger charge is -2.20. The minimum absolute atomic E-state index is 0.272. The maximum Gasteiger partial charge on any atom is 0.339 e. The highest BCUT2D eigenvalue weighted by molar-refractivity contribution is 5.88. The van der Waals surface area contributed by atoms with Crippen molar-refractivity contribution >= 4 is 5.97 Å².